The Balaban J connectivity index is 1.68. The molecule has 0 saturated carbocycles. The predicted molar refractivity (Wildman–Crippen MR) is 98.7 cm³/mol. The van der Waals surface area contributed by atoms with Crippen molar-refractivity contribution < 1.29 is 14.4 Å². The highest BCUT2D eigenvalue weighted by atomic mass is 32.1. The molecule has 0 unspecified atom stereocenters. The van der Waals surface area contributed by atoms with Gasteiger partial charge in [-0.25, -0.2) is 9.78 Å². The molecule has 2 N–H and O–H groups in total. The first-order valence-corrected chi connectivity index (χ1v) is 9.44. The number of thiazole rings is 1. The van der Waals surface area contributed by atoms with E-state index in [9.17, 15) is 4.79 Å². The minimum Gasteiger partial charge on any atom is -0.444 e. The van der Waals surface area contributed by atoms with Gasteiger partial charge in [0.1, 0.15) is 18.0 Å². The maximum Gasteiger partial charge on any atom is 0.410 e. The molecule has 2 rings (SSSR count). The van der Waals surface area contributed by atoms with Crippen LogP contribution in [-0.4, -0.2) is 47.1 Å². The van der Waals surface area contributed by atoms with Crippen LogP contribution in [0.1, 0.15) is 44.3 Å². The second-order valence-corrected chi connectivity index (χ2v) is 8.39. The van der Waals surface area contributed by atoms with Crippen LogP contribution in [0.4, 0.5) is 4.79 Å². The van der Waals surface area contributed by atoms with Crippen LogP contribution >= 0.6 is 11.3 Å². The monoisotopic (exact) mass is 368 g/mol. The molecule has 1 fully saturated rings. The highest BCUT2D eigenvalue weighted by molar-refractivity contribution is 7.09. The first-order valence-electron chi connectivity index (χ1n) is 8.56. The van der Waals surface area contributed by atoms with E-state index in [4.69, 9.17) is 15.3 Å². The van der Waals surface area contributed by atoms with Crippen LogP contribution < -0.4 is 5.73 Å². The Hall–Kier alpha value is -1.83. The van der Waals surface area contributed by atoms with Crippen LogP contribution in [0.15, 0.2) is 10.5 Å². The van der Waals surface area contributed by atoms with Crippen molar-refractivity contribution in [2.45, 2.75) is 52.6 Å². The van der Waals surface area contributed by atoms with Gasteiger partial charge in [-0.1, -0.05) is 5.16 Å². The number of amidine groups is 1. The highest BCUT2D eigenvalue weighted by Gasteiger charge is 2.27. The number of carbonyl (C=O) groups is 1. The molecule has 7 nitrogen and oxygen atoms in total. The Labute approximate surface area is 153 Å². The van der Waals surface area contributed by atoms with Gasteiger partial charge < -0.3 is 20.2 Å². The summed E-state index contributed by atoms with van der Waals surface area (Å²) in [5.74, 6) is 0.799. The second-order valence-electron chi connectivity index (χ2n) is 7.32. The summed E-state index contributed by atoms with van der Waals surface area (Å²) < 4.78 is 5.40. The number of oxime groups is 1. The van der Waals surface area contributed by atoms with Gasteiger partial charge in [-0.2, -0.15) is 0 Å². The van der Waals surface area contributed by atoms with E-state index in [0.717, 1.165) is 23.5 Å². The second kappa shape index (κ2) is 8.51. The molecule has 25 heavy (non-hydrogen) atoms. The quantitative estimate of drug-likeness (QED) is 0.490. The van der Waals surface area contributed by atoms with E-state index in [1.165, 1.54) is 0 Å². The van der Waals surface area contributed by atoms with Gasteiger partial charge in [0.05, 0.1) is 17.1 Å². The first kappa shape index (κ1) is 19.5. The van der Waals surface area contributed by atoms with Crippen LogP contribution in [0, 0.1) is 12.8 Å². The molecule has 1 amide bonds. The third-order valence-corrected chi connectivity index (χ3v) is 4.61. The van der Waals surface area contributed by atoms with Crippen molar-refractivity contribution in [3.05, 3.63) is 16.1 Å². The van der Waals surface area contributed by atoms with Crippen molar-refractivity contribution in [2.75, 3.05) is 19.7 Å². The van der Waals surface area contributed by atoms with Gasteiger partial charge in [0.15, 0.2) is 0 Å². The number of hydrogen-bond donors (Lipinski definition) is 1. The van der Waals surface area contributed by atoms with E-state index in [1.807, 2.05) is 33.1 Å². The van der Waals surface area contributed by atoms with Gasteiger partial charge in [0.25, 0.3) is 0 Å². The Morgan fingerprint density at radius 2 is 2.12 bits per heavy atom. The van der Waals surface area contributed by atoms with E-state index in [1.54, 1.807) is 16.2 Å². The average molecular weight is 369 g/mol. The molecule has 0 radical (unpaired) electrons. The zero-order valence-electron chi connectivity index (χ0n) is 15.4. The molecular weight excluding hydrogens is 340 g/mol. The zero-order chi connectivity index (χ0) is 18.4. The number of nitrogens with zero attached hydrogens (tertiary/aromatic N) is 3. The number of rotatable bonds is 5. The number of amides is 1. The summed E-state index contributed by atoms with van der Waals surface area (Å²) in [4.78, 5) is 23.5. The number of ether oxygens (including phenoxy) is 1. The molecule has 0 aromatic carbocycles. The summed E-state index contributed by atoms with van der Waals surface area (Å²) in [6, 6.07) is 0. The molecule has 0 bridgehead atoms. The summed E-state index contributed by atoms with van der Waals surface area (Å²) in [7, 11) is 0. The van der Waals surface area contributed by atoms with Crippen molar-refractivity contribution in [2.24, 2.45) is 16.8 Å². The Kier molecular flexibility index (Phi) is 6.64. The van der Waals surface area contributed by atoms with Gasteiger partial charge in [0, 0.05) is 18.5 Å². The van der Waals surface area contributed by atoms with Crippen molar-refractivity contribution in [3.8, 4) is 0 Å². The van der Waals surface area contributed by atoms with Gasteiger partial charge in [-0.3, -0.25) is 0 Å². The van der Waals surface area contributed by atoms with Gasteiger partial charge >= 0.3 is 6.09 Å². The number of likely N-dealkylation sites (tertiary alicyclic amines) is 1. The largest absolute Gasteiger partial charge is 0.444 e. The SMILES string of the molecule is Cc1nc(C/C(N)=N/OCC2CCN(C(=O)OC(C)(C)C)CC2)cs1. The lowest BCUT2D eigenvalue weighted by Crippen LogP contribution is -2.42. The number of carbonyl (C=O) groups excluding carboxylic acids is 1. The molecule has 8 heteroatoms. The molecule has 0 aliphatic carbocycles. The fourth-order valence-electron chi connectivity index (χ4n) is 2.54. The summed E-state index contributed by atoms with van der Waals surface area (Å²) in [5.41, 5.74) is 6.33. The Bertz CT molecular complexity index is 601. The van der Waals surface area contributed by atoms with Crippen LogP contribution in [0.3, 0.4) is 0 Å². The normalized spacial score (nSPS) is 16.8. The number of nitrogens with two attached hydrogens (primary N) is 1. The maximum atomic E-state index is 12.0. The minimum atomic E-state index is -0.459. The maximum absolute atomic E-state index is 12.0. The fraction of sp³-hybridized carbons (Fsp3) is 0.706. The summed E-state index contributed by atoms with van der Waals surface area (Å²) in [5, 5.41) is 6.97. The van der Waals surface area contributed by atoms with E-state index in [-0.39, 0.29) is 6.09 Å². The summed E-state index contributed by atoms with van der Waals surface area (Å²) in [6.07, 6.45) is 2.01. The summed E-state index contributed by atoms with van der Waals surface area (Å²) in [6.45, 7) is 9.46. The third-order valence-electron chi connectivity index (χ3n) is 3.79. The molecule has 1 aliphatic rings. The molecule has 1 aromatic heterocycles. The van der Waals surface area contributed by atoms with Gasteiger partial charge in [0.2, 0.25) is 0 Å². The lowest BCUT2D eigenvalue weighted by Gasteiger charge is -2.32. The minimum absolute atomic E-state index is 0.243. The first-order chi connectivity index (χ1) is 11.7. The Morgan fingerprint density at radius 1 is 1.44 bits per heavy atom. The molecule has 1 aliphatic heterocycles. The number of hydrogen-bond acceptors (Lipinski definition) is 6. The van der Waals surface area contributed by atoms with Gasteiger partial charge in [-0.05, 0) is 46.5 Å². The van der Waals surface area contributed by atoms with Crippen LogP contribution in [0.25, 0.3) is 0 Å². The van der Waals surface area contributed by atoms with E-state index in [2.05, 4.69) is 10.1 Å². The van der Waals surface area contributed by atoms with E-state index < -0.39 is 5.60 Å². The third kappa shape index (κ3) is 6.89. The smallest absolute Gasteiger partial charge is 0.410 e. The summed E-state index contributed by atoms with van der Waals surface area (Å²) >= 11 is 1.59. The zero-order valence-corrected chi connectivity index (χ0v) is 16.3. The molecule has 1 aromatic rings. The molecule has 140 valence electrons. The molecule has 2 heterocycles. The number of piperidine rings is 1. The fourth-order valence-corrected chi connectivity index (χ4v) is 3.15. The molecular formula is C17H28N4O3S. The van der Waals surface area contributed by atoms with Crippen LogP contribution in [-0.2, 0) is 16.0 Å². The lowest BCUT2D eigenvalue weighted by atomic mass is 9.98. The van der Waals surface area contributed by atoms with Crippen molar-refractivity contribution in [1.82, 2.24) is 9.88 Å². The molecule has 0 spiro atoms. The lowest BCUT2D eigenvalue weighted by molar-refractivity contribution is 0.0121. The van der Waals surface area contributed by atoms with Crippen molar-refractivity contribution >= 4 is 23.3 Å². The number of aromatic nitrogens is 1. The standard InChI is InChI=1S/C17H28N4O3S/c1-12-19-14(11-25-12)9-15(18)20-23-10-13-5-7-21(8-6-13)16(22)24-17(2,3)4/h11,13H,5-10H2,1-4H3,(H2,18,20). The van der Waals surface area contributed by atoms with E-state index >= 15 is 0 Å². The highest BCUT2D eigenvalue weighted by Crippen LogP contribution is 2.20. The van der Waals surface area contributed by atoms with Crippen LogP contribution in [0.5, 0.6) is 0 Å². The van der Waals surface area contributed by atoms with Crippen molar-refractivity contribution in [1.29, 1.82) is 0 Å². The van der Waals surface area contributed by atoms with E-state index in [0.29, 0.717) is 37.9 Å². The molecule has 0 atom stereocenters. The van der Waals surface area contributed by atoms with Crippen molar-refractivity contribution in [3.63, 3.8) is 0 Å². The van der Waals surface area contributed by atoms with Crippen LogP contribution in [0.2, 0.25) is 0 Å². The van der Waals surface area contributed by atoms with Gasteiger partial charge in [-0.15, -0.1) is 11.3 Å². The average Bonchev–Trinajstić information content (AvgIpc) is 2.91. The topological polar surface area (TPSA) is 90.0 Å². The number of aryl methyl sites for hydroxylation is 1. The predicted octanol–water partition coefficient (Wildman–Crippen LogP) is 2.93. The molecule has 1 saturated heterocycles. The Morgan fingerprint density at radius 3 is 2.68 bits per heavy atom.